The van der Waals surface area contributed by atoms with E-state index in [1.807, 2.05) is 0 Å². The summed E-state index contributed by atoms with van der Waals surface area (Å²) in [4.78, 5) is 0. The maximum Gasteiger partial charge on any atom is 0.122 e. The van der Waals surface area contributed by atoms with Gasteiger partial charge in [0.25, 0.3) is 0 Å². The predicted molar refractivity (Wildman–Crippen MR) is 65.9 cm³/mol. The van der Waals surface area contributed by atoms with Gasteiger partial charge in [-0.25, -0.2) is 0 Å². The van der Waals surface area contributed by atoms with Crippen LogP contribution in [0.3, 0.4) is 0 Å². The van der Waals surface area contributed by atoms with Crippen molar-refractivity contribution in [3.8, 4) is 0 Å². The molecule has 0 bridgehead atoms. The molecule has 0 saturated carbocycles. The Morgan fingerprint density at radius 3 is 3.07 bits per heavy atom. The van der Waals surface area contributed by atoms with E-state index in [1.54, 1.807) is 22.7 Å². The van der Waals surface area contributed by atoms with Gasteiger partial charge in [-0.15, -0.1) is 11.3 Å². The fourth-order valence-corrected chi connectivity index (χ4v) is 4.15. The van der Waals surface area contributed by atoms with Gasteiger partial charge in [-0.2, -0.15) is 8.75 Å². The Kier molecular flexibility index (Phi) is 1.42. The lowest BCUT2D eigenvalue weighted by Gasteiger charge is -1.92. The van der Waals surface area contributed by atoms with Crippen molar-refractivity contribution in [3.05, 3.63) is 22.9 Å². The molecule has 70 valence electrons. The average Bonchev–Trinajstić information content (AvgIpc) is 2.97. The smallest absolute Gasteiger partial charge is 0.122 e. The Hall–Kier alpha value is -1.22. The minimum atomic E-state index is 0.971. The van der Waals surface area contributed by atoms with Crippen LogP contribution in [0.1, 0.15) is 0 Å². The molecule has 0 spiro atoms. The highest BCUT2D eigenvalue weighted by molar-refractivity contribution is 7.25. The minimum absolute atomic E-state index is 0.971. The van der Waals surface area contributed by atoms with Crippen LogP contribution in [0.4, 0.5) is 0 Å². The van der Waals surface area contributed by atoms with Crippen molar-refractivity contribution in [2.75, 3.05) is 0 Å². The summed E-state index contributed by atoms with van der Waals surface area (Å²) in [6.07, 6.45) is 0. The quantitative estimate of drug-likeness (QED) is 0.472. The molecule has 0 amide bonds. The summed E-state index contributed by atoms with van der Waals surface area (Å²) >= 11 is 4.62. The predicted octanol–water partition coefficient (Wildman–Crippen LogP) is 3.72. The van der Waals surface area contributed by atoms with E-state index >= 15 is 0 Å². The standard InChI is InChI=1S/C10H2N2S3/c1-3-13-9-5(1)7-8(12-15-11-7)6-2-4-14-10(6)9/h1,3H. The van der Waals surface area contributed by atoms with E-state index < -0.39 is 0 Å². The van der Waals surface area contributed by atoms with Gasteiger partial charge >= 0.3 is 0 Å². The normalized spacial score (nSPS) is 11.5. The van der Waals surface area contributed by atoms with Gasteiger partial charge in [0.15, 0.2) is 0 Å². The molecule has 3 heterocycles. The molecule has 3 aromatic heterocycles. The molecule has 0 N–H and O–H groups in total. The molecule has 2 nitrogen and oxygen atoms in total. The molecule has 0 aliphatic carbocycles. The van der Waals surface area contributed by atoms with E-state index in [0.29, 0.717) is 0 Å². The van der Waals surface area contributed by atoms with Crippen molar-refractivity contribution in [3.63, 3.8) is 0 Å². The molecule has 15 heavy (non-hydrogen) atoms. The highest BCUT2D eigenvalue weighted by Crippen LogP contribution is 2.37. The first-order valence-electron chi connectivity index (χ1n) is 4.28. The third kappa shape index (κ3) is 0.893. The zero-order valence-corrected chi connectivity index (χ0v) is 9.72. The monoisotopic (exact) mass is 246 g/mol. The Labute approximate surface area is 97.1 Å². The Balaban J connectivity index is 2.56. The fourth-order valence-electron chi connectivity index (χ4n) is 1.76. The summed E-state index contributed by atoms with van der Waals surface area (Å²) in [7, 11) is 0. The van der Waals surface area contributed by atoms with E-state index in [9.17, 15) is 0 Å². The van der Waals surface area contributed by atoms with Crippen molar-refractivity contribution in [1.29, 1.82) is 0 Å². The van der Waals surface area contributed by atoms with Crippen molar-refractivity contribution >= 4 is 65.6 Å². The number of thiophene rings is 1. The van der Waals surface area contributed by atoms with Crippen LogP contribution < -0.4 is 0 Å². The van der Waals surface area contributed by atoms with E-state index in [-0.39, 0.29) is 0 Å². The summed E-state index contributed by atoms with van der Waals surface area (Å²) in [5, 5.41) is 7.44. The zero-order chi connectivity index (χ0) is 9.83. The van der Waals surface area contributed by atoms with Gasteiger partial charge in [-0.3, -0.25) is 0 Å². The molecule has 0 aliphatic heterocycles. The highest BCUT2D eigenvalue weighted by atomic mass is 32.1. The van der Waals surface area contributed by atoms with E-state index in [0.717, 1.165) is 16.4 Å². The van der Waals surface area contributed by atoms with Gasteiger partial charge in [0, 0.05) is 5.39 Å². The number of nitrogens with zero attached hydrogens (tertiary/aromatic N) is 2. The number of rotatable bonds is 0. The lowest BCUT2D eigenvalue weighted by Crippen LogP contribution is -1.72. The number of hydrogen-bond donors (Lipinski definition) is 0. The Morgan fingerprint density at radius 2 is 2.07 bits per heavy atom. The van der Waals surface area contributed by atoms with Gasteiger partial charge in [0.05, 0.1) is 26.5 Å². The molecule has 0 atom stereocenters. The molecule has 0 radical (unpaired) electrons. The average molecular weight is 246 g/mol. The second-order valence-corrected chi connectivity index (χ2v) is 5.42. The maximum atomic E-state index is 4.36. The number of benzene rings is 1. The maximum absolute atomic E-state index is 4.36. The van der Waals surface area contributed by atoms with Gasteiger partial charge in [0.1, 0.15) is 11.0 Å². The molecule has 1 aromatic carbocycles. The topological polar surface area (TPSA) is 25.8 Å². The summed E-state index contributed by atoms with van der Waals surface area (Å²) in [6, 6.07) is 5.25. The summed E-state index contributed by atoms with van der Waals surface area (Å²) in [6.45, 7) is 0. The van der Waals surface area contributed by atoms with Crippen LogP contribution in [0.2, 0.25) is 0 Å². The molecule has 0 unspecified atom stereocenters. The lowest BCUT2D eigenvalue weighted by molar-refractivity contribution is 1.72. The van der Waals surface area contributed by atoms with Crippen LogP contribution in [-0.4, -0.2) is 8.75 Å². The van der Waals surface area contributed by atoms with E-state index in [1.165, 1.54) is 26.5 Å². The first-order chi connectivity index (χ1) is 7.45. The van der Waals surface area contributed by atoms with Gasteiger partial charge in [0.2, 0.25) is 0 Å². The highest BCUT2D eigenvalue weighted by Gasteiger charge is 2.13. The Bertz CT molecular complexity index is 583. The van der Waals surface area contributed by atoms with Crippen LogP contribution in [0, 0.1) is 11.4 Å². The summed E-state index contributed by atoms with van der Waals surface area (Å²) < 4.78 is 11.2. The molecule has 4 aromatic rings. The Morgan fingerprint density at radius 1 is 1.13 bits per heavy atom. The van der Waals surface area contributed by atoms with Crippen LogP contribution in [0.15, 0.2) is 11.4 Å². The van der Waals surface area contributed by atoms with Crippen LogP contribution >= 0.6 is 34.4 Å². The lowest BCUT2D eigenvalue weighted by atomic mass is 10.2. The number of hydrogen-bond acceptors (Lipinski definition) is 5. The molecule has 0 fully saturated rings. The fraction of sp³-hybridized carbons (Fsp3) is 0. The first-order valence-corrected chi connectivity index (χ1v) is 6.71. The summed E-state index contributed by atoms with van der Waals surface area (Å²) in [5.74, 6) is 0. The third-order valence-corrected chi connectivity index (χ3v) is 4.81. The minimum Gasteiger partial charge on any atom is -0.172 e. The zero-order valence-electron chi connectivity index (χ0n) is 7.27. The summed E-state index contributed by atoms with van der Waals surface area (Å²) in [5.41, 5.74) is 1.98. The van der Waals surface area contributed by atoms with Crippen molar-refractivity contribution in [2.45, 2.75) is 0 Å². The van der Waals surface area contributed by atoms with Crippen LogP contribution in [-0.2, 0) is 0 Å². The van der Waals surface area contributed by atoms with Gasteiger partial charge < -0.3 is 0 Å². The van der Waals surface area contributed by atoms with Crippen LogP contribution in [0.5, 0.6) is 0 Å². The SMILES string of the molecule is c1sc2c(c#1)c1nsnc1c1ccsc12. The van der Waals surface area contributed by atoms with Crippen molar-refractivity contribution < 1.29 is 0 Å². The van der Waals surface area contributed by atoms with Crippen LogP contribution in [0.25, 0.3) is 31.2 Å². The van der Waals surface area contributed by atoms with Gasteiger partial charge in [-0.05, 0) is 22.9 Å². The molecular weight excluding hydrogens is 244 g/mol. The van der Waals surface area contributed by atoms with Crippen molar-refractivity contribution in [1.82, 2.24) is 8.75 Å². The molecule has 5 heteroatoms. The largest absolute Gasteiger partial charge is 0.172 e. The van der Waals surface area contributed by atoms with E-state index in [2.05, 4.69) is 31.6 Å². The first kappa shape index (κ1) is 7.99. The molecule has 4 rings (SSSR count). The third-order valence-electron chi connectivity index (χ3n) is 2.41. The molecule has 0 aliphatic rings. The molecule has 0 saturated heterocycles. The van der Waals surface area contributed by atoms with Crippen molar-refractivity contribution in [2.24, 2.45) is 0 Å². The number of aromatic nitrogens is 2. The van der Waals surface area contributed by atoms with Gasteiger partial charge in [-0.1, -0.05) is 11.3 Å². The molecular formula is C10H2N2S3. The second kappa shape index (κ2) is 2.67. The second-order valence-electron chi connectivity index (χ2n) is 3.16. The number of fused-ring (bicyclic) bond motifs is 6. The van der Waals surface area contributed by atoms with E-state index in [4.69, 9.17) is 0 Å².